The predicted octanol–water partition coefficient (Wildman–Crippen LogP) is 1.68. The monoisotopic (exact) mass is 286 g/mol. The molecule has 3 aromatic rings. The number of rotatable bonds is 3. The first-order valence-electron chi connectivity index (χ1n) is 5.81. The van der Waals surface area contributed by atoms with Crippen molar-refractivity contribution < 1.29 is 4.79 Å². The van der Waals surface area contributed by atoms with E-state index in [0.717, 1.165) is 10.6 Å². The molecule has 0 spiro atoms. The number of carbonyl (C=O) groups excluding carboxylic acids is 1. The Kier molecular flexibility index (Phi) is 3.21. The maximum atomic E-state index is 11.9. The van der Waals surface area contributed by atoms with Crippen LogP contribution in [0.25, 0.3) is 5.69 Å². The first-order chi connectivity index (χ1) is 9.72. The highest BCUT2D eigenvalue weighted by atomic mass is 32.1. The van der Waals surface area contributed by atoms with Crippen LogP contribution in [0.5, 0.6) is 0 Å². The Hall–Kier alpha value is -2.61. The normalized spacial score (nSPS) is 10.4. The number of aryl methyl sites for hydroxylation is 1. The molecular weight excluding hydrogens is 276 g/mol. The summed E-state index contributed by atoms with van der Waals surface area (Å²) < 4.78 is 0. The molecule has 8 heteroatoms. The molecule has 20 heavy (non-hydrogen) atoms. The van der Waals surface area contributed by atoms with Crippen LogP contribution < -0.4 is 5.32 Å². The van der Waals surface area contributed by atoms with Crippen LogP contribution in [0, 0.1) is 6.92 Å². The lowest BCUT2D eigenvalue weighted by Gasteiger charge is -1.96. The second-order valence-electron chi connectivity index (χ2n) is 3.97. The molecule has 0 atom stereocenters. The van der Waals surface area contributed by atoms with Gasteiger partial charge in [0.15, 0.2) is 5.13 Å². The zero-order chi connectivity index (χ0) is 13.9. The van der Waals surface area contributed by atoms with Gasteiger partial charge in [0.2, 0.25) is 0 Å². The number of para-hydroxylation sites is 1. The van der Waals surface area contributed by atoms with Gasteiger partial charge < -0.3 is 0 Å². The van der Waals surface area contributed by atoms with E-state index in [4.69, 9.17) is 0 Å². The molecule has 2 aromatic heterocycles. The lowest BCUT2D eigenvalue weighted by Crippen LogP contribution is -2.14. The van der Waals surface area contributed by atoms with Crippen molar-refractivity contribution >= 4 is 22.4 Å². The molecule has 0 aliphatic heterocycles. The van der Waals surface area contributed by atoms with E-state index in [-0.39, 0.29) is 5.82 Å². The molecule has 0 radical (unpaired) electrons. The molecule has 2 heterocycles. The van der Waals surface area contributed by atoms with E-state index in [0.29, 0.717) is 5.13 Å². The molecule has 0 aliphatic rings. The lowest BCUT2D eigenvalue weighted by atomic mass is 10.3. The molecule has 1 amide bonds. The number of hydrogen-bond acceptors (Lipinski definition) is 6. The summed E-state index contributed by atoms with van der Waals surface area (Å²) in [6.07, 6.45) is 1.69. The molecule has 0 fully saturated rings. The summed E-state index contributed by atoms with van der Waals surface area (Å²) in [5, 5.41) is 14.8. The molecule has 7 nitrogen and oxygen atoms in total. The van der Waals surface area contributed by atoms with Gasteiger partial charge in [0.1, 0.15) is 0 Å². The van der Waals surface area contributed by atoms with Crippen molar-refractivity contribution in [3.8, 4) is 5.69 Å². The number of nitrogens with one attached hydrogen (secondary N) is 1. The van der Waals surface area contributed by atoms with Crippen LogP contribution in [-0.4, -0.2) is 31.1 Å². The molecule has 0 unspecified atom stereocenters. The third-order valence-corrected chi connectivity index (χ3v) is 3.27. The Labute approximate surface area is 118 Å². The van der Waals surface area contributed by atoms with Crippen LogP contribution in [0.1, 0.15) is 15.5 Å². The third-order valence-electron chi connectivity index (χ3n) is 2.45. The highest BCUT2D eigenvalue weighted by Crippen LogP contribution is 2.16. The number of thiazole rings is 1. The summed E-state index contributed by atoms with van der Waals surface area (Å²) in [5.41, 5.74) is 0.740. The first kappa shape index (κ1) is 12.4. The summed E-state index contributed by atoms with van der Waals surface area (Å²) in [7, 11) is 0. The number of aromatic nitrogens is 5. The van der Waals surface area contributed by atoms with Gasteiger partial charge in [-0.2, -0.15) is 0 Å². The highest BCUT2D eigenvalue weighted by molar-refractivity contribution is 7.15. The average molecular weight is 286 g/mol. The van der Waals surface area contributed by atoms with Crippen LogP contribution in [0.4, 0.5) is 5.13 Å². The third kappa shape index (κ3) is 2.54. The molecule has 1 aromatic carbocycles. The SMILES string of the molecule is Cc1cnc(NC(=O)c2nnn(-c3ccccc3)n2)s1. The van der Waals surface area contributed by atoms with Gasteiger partial charge in [-0.3, -0.25) is 10.1 Å². The fourth-order valence-electron chi connectivity index (χ4n) is 1.54. The molecule has 0 saturated heterocycles. The Morgan fingerprint density at radius 1 is 1.30 bits per heavy atom. The second-order valence-corrected chi connectivity index (χ2v) is 5.20. The van der Waals surface area contributed by atoms with E-state index >= 15 is 0 Å². The standard InChI is InChI=1S/C12H10N6OS/c1-8-7-13-12(20-8)14-11(19)10-15-17-18(16-10)9-5-3-2-4-6-9/h2-7H,1H3,(H,13,14,19). The number of nitrogens with zero attached hydrogens (tertiary/aromatic N) is 5. The largest absolute Gasteiger partial charge is 0.299 e. The molecule has 100 valence electrons. The molecule has 1 N–H and O–H groups in total. The van der Waals surface area contributed by atoms with Gasteiger partial charge in [0, 0.05) is 11.1 Å². The van der Waals surface area contributed by atoms with Crippen molar-refractivity contribution in [2.75, 3.05) is 5.32 Å². The number of anilines is 1. The molecule has 0 saturated carbocycles. The van der Waals surface area contributed by atoms with Gasteiger partial charge in [0.05, 0.1) is 5.69 Å². The maximum Gasteiger partial charge on any atom is 0.299 e. The van der Waals surface area contributed by atoms with E-state index in [1.807, 2.05) is 37.3 Å². The number of tetrazole rings is 1. The van der Waals surface area contributed by atoms with Crippen molar-refractivity contribution in [3.05, 3.63) is 47.2 Å². The van der Waals surface area contributed by atoms with Crippen molar-refractivity contribution in [1.29, 1.82) is 0 Å². The number of amides is 1. The fourth-order valence-corrected chi connectivity index (χ4v) is 2.20. The Balaban J connectivity index is 1.78. The quantitative estimate of drug-likeness (QED) is 0.791. The molecular formula is C12H10N6OS. The van der Waals surface area contributed by atoms with E-state index in [2.05, 4.69) is 25.7 Å². The van der Waals surface area contributed by atoms with Crippen molar-refractivity contribution in [3.63, 3.8) is 0 Å². The predicted molar refractivity (Wildman–Crippen MR) is 74.0 cm³/mol. The van der Waals surface area contributed by atoms with Gasteiger partial charge in [-0.15, -0.1) is 26.3 Å². The summed E-state index contributed by atoms with van der Waals surface area (Å²) in [6, 6.07) is 9.26. The van der Waals surface area contributed by atoms with E-state index in [1.54, 1.807) is 6.20 Å². The van der Waals surface area contributed by atoms with Gasteiger partial charge in [-0.1, -0.05) is 18.2 Å². The van der Waals surface area contributed by atoms with Crippen molar-refractivity contribution in [2.45, 2.75) is 6.92 Å². The number of carbonyl (C=O) groups is 1. The summed E-state index contributed by atoms with van der Waals surface area (Å²) in [4.78, 5) is 18.3. The minimum Gasteiger partial charge on any atom is -0.295 e. The summed E-state index contributed by atoms with van der Waals surface area (Å²) in [5.74, 6) is -0.428. The van der Waals surface area contributed by atoms with E-state index in [9.17, 15) is 4.79 Å². The highest BCUT2D eigenvalue weighted by Gasteiger charge is 2.15. The average Bonchev–Trinajstić information content (AvgIpc) is 3.09. The van der Waals surface area contributed by atoms with Crippen LogP contribution in [0.15, 0.2) is 36.5 Å². The van der Waals surface area contributed by atoms with Gasteiger partial charge in [0.25, 0.3) is 11.7 Å². The van der Waals surface area contributed by atoms with E-state index < -0.39 is 5.91 Å². The topological polar surface area (TPSA) is 85.6 Å². The Morgan fingerprint density at radius 3 is 2.80 bits per heavy atom. The van der Waals surface area contributed by atoms with Gasteiger partial charge >= 0.3 is 0 Å². The zero-order valence-corrected chi connectivity index (χ0v) is 11.3. The fraction of sp³-hybridized carbons (Fsp3) is 0.0833. The van der Waals surface area contributed by atoms with Gasteiger partial charge in [-0.25, -0.2) is 4.98 Å². The van der Waals surface area contributed by atoms with Crippen molar-refractivity contribution in [2.24, 2.45) is 0 Å². The lowest BCUT2D eigenvalue weighted by molar-refractivity contribution is 0.101. The van der Waals surface area contributed by atoms with E-state index in [1.165, 1.54) is 16.1 Å². The van der Waals surface area contributed by atoms with Gasteiger partial charge in [-0.05, 0) is 24.3 Å². The first-order valence-corrected chi connectivity index (χ1v) is 6.63. The van der Waals surface area contributed by atoms with Crippen LogP contribution in [0.3, 0.4) is 0 Å². The maximum absolute atomic E-state index is 11.9. The summed E-state index contributed by atoms with van der Waals surface area (Å²) in [6.45, 7) is 1.91. The number of benzene rings is 1. The number of hydrogen-bond donors (Lipinski definition) is 1. The minimum atomic E-state index is -0.429. The van der Waals surface area contributed by atoms with Crippen LogP contribution in [-0.2, 0) is 0 Å². The van der Waals surface area contributed by atoms with Crippen LogP contribution in [0.2, 0.25) is 0 Å². The minimum absolute atomic E-state index is 0.00158. The zero-order valence-electron chi connectivity index (χ0n) is 10.5. The Morgan fingerprint density at radius 2 is 2.10 bits per heavy atom. The van der Waals surface area contributed by atoms with Crippen LogP contribution >= 0.6 is 11.3 Å². The molecule has 3 rings (SSSR count). The summed E-state index contributed by atoms with van der Waals surface area (Å²) >= 11 is 1.39. The Bertz CT molecular complexity index is 735. The second kappa shape index (κ2) is 5.17. The molecule has 0 aliphatic carbocycles. The smallest absolute Gasteiger partial charge is 0.295 e. The van der Waals surface area contributed by atoms with Crippen molar-refractivity contribution in [1.82, 2.24) is 25.2 Å². The molecule has 0 bridgehead atoms.